The molecule has 0 unspecified atom stereocenters. The van der Waals surface area contributed by atoms with Crippen LogP contribution in [0.15, 0.2) is 43.0 Å². The number of ether oxygens (including phenoxy) is 3. The Labute approximate surface area is 242 Å². The summed E-state index contributed by atoms with van der Waals surface area (Å²) in [5.41, 5.74) is 0.843. The lowest BCUT2D eigenvalue weighted by Crippen LogP contribution is -2.26. The van der Waals surface area contributed by atoms with Crippen molar-refractivity contribution in [1.29, 1.82) is 0 Å². The Morgan fingerprint density at radius 2 is 1.51 bits per heavy atom. The molecule has 2 aromatic rings. The molecular weight excluding hydrogens is 529 g/mol. The van der Waals surface area contributed by atoms with Crippen molar-refractivity contribution in [3.05, 3.63) is 71.6 Å². The highest BCUT2D eigenvalue weighted by Crippen LogP contribution is 2.41. The lowest BCUT2D eigenvalue weighted by Gasteiger charge is -2.30. The number of carbonyl (C=O) groups is 1. The van der Waals surface area contributed by atoms with Crippen LogP contribution >= 0.6 is 0 Å². The Morgan fingerprint density at radius 1 is 0.878 bits per heavy atom. The summed E-state index contributed by atoms with van der Waals surface area (Å²) in [5.74, 6) is -3.00. The molecule has 0 heterocycles. The maximum atomic E-state index is 15.3. The lowest BCUT2D eigenvalue weighted by molar-refractivity contribution is -0.140. The van der Waals surface area contributed by atoms with E-state index < -0.39 is 29.3 Å². The van der Waals surface area contributed by atoms with Crippen LogP contribution in [0.2, 0.25) is 0 Å². The van der Waals surface area contributed by atoms with Gasteiger partial charge < -0.3 is 14.2 Å². The zero-order valence-electron chi connectivity index (χ0n) is 24.1. The van der Waals surface area contributed by atoms with Gasteiger partial charge >= 0.3 is 5.97 Å². The highest BCUT2D eigenvalue weighted by Gasteiger charge is 2.32. The molecule has 0 bridgehead atoms. The molecule has 2 aromatic carbocycles. The van der Waals surface area contributed by atoms with Crippen LogP contribution in [0, 0.1) is 23.4 Å². The fourth-order valence-electron chi connectivity index (χ4n) is 6.05. The van der Waals surface area contributed by atoms with Crippen LogP contribution in [0.25, 0.3) is 0 Å². The van der Waals surface area contributed by atoms with Crippen molar-refractivity contribution in [2.45, 2.75) is 102 Å². The maximum Gasteiger partial charge on any atom is 0.314 e. The summed E-state index contributed by atoms with van der Waals surface area (Å²) in [7, 11) is 0. The smallest absolute Gasteiger partial charge is 0.314 e. The number of halogens is 3. The number of allylic oxidation sites excluding steroid dienone is 1. The third-order valence-electron chi connectivity index (χ3n) is 8.54. The van der Waals surface area contributed by atoms with Gasteiger partial charge in [0.1, 0.15) is 5.75 Å². The molecule has 0 aromatic heterocycles. The van der Waals surface area contributed by atoms with E-state index in [1.54, 1.807) is 24.3 Å². The van der Waals surface area contributed by atoms with Crippen molar-refractivity contribution in [2.24, 2.45) is 5.92 Å². The van der Waals surface area contributed by atoms with Crippen LogP contribution in [0.3, 0.4) is 0 Å². The molecule has 0 aliphatic heterocycles. The summed E-state index contributed by atoms with van der Waals surface area (Å²) < 4.78 is 61.8. The van der Waals surface area contributed by atoms with Gasteiger partial charge in [-0.1, -0.05) is 31.6 Å². The predicted molar refractivity (Wildman–Crippen MR) is 154 cm³/mol. The third-order valence-corrected chi connectivity index (χ3v) is 8.54. The number of esters is 1. The maximum absolute atomic E-state index is 15.3. The van der Waals surface area contributed by atoms with Crippen molar-refractivity contribution in [3.8, 4) is 11.5 Å². The van der Waals surface area contributed by atoms with Gasteiger partial charge in [-0.05, 0) is 106 Å². The van der Waals surface area contributed by atoms with E-state index in [4.69, 9.17) is 14.2 Å². The Kier molecular flexibility index (Phi) is 11.7. The van der Waals surface area contributed by atoms with Crippen LogP contribution in [-0.4, -0.2) is 25.3 Å². The molecular formula is C34H43F3O4. The van der Waals surface area contributed by atoms with Gasteiger partial charge in [0.25, 0.3) is 0 Å². The van der Waals surface area contributed by atoms with Gasteiger partial charge in [-0.15, -0.1) is 6.58 Å². The lowest BCUT2D eigenvalue weighted by atomic mass is 9.77. The number of hydrogen-bond acceptors (Lipinski definition) is 4. The van der Waals surface area contributed by atoms with Gasteiger partial charge in [0, 0.05) is 12.7 Å². The minimum Gasteiger partial charge on any atom is -0.493 e. The van der Waals surface area contributed by atoms with Gasteiger partial charge in [-0.25, -0.2) is 13.2 Å². The highest BCUT2D eigenvalue weighted by atomic mass is 19.2. The van der Waals surface area contributed by atoms with Crippen LogP contribution in [0.5, 0.6) is 11.5 Å². The number of hydrogen-bond donors (Lipinski definition) is 0. The van der Waals surface area contributed by atoms with Crippen molar-refractivity contribution < 1.29 is 32.2 Å². The number of rotatable bonds is 13. The molecule has 0 amide bonds. The summed E-state index contributed by atoms with van der Waals surface area (Å²) in [6.07, 6.45) is 11.1. The minimum absolute atomic E-state index is 0.00774. The Bertz CT molecular complexity index is 1150. The monoisotopic (exact) mass is 572 g/mol. The molecule has 0 saturated heterocycles. The molecule has 0 atom stereocenters. The van der Waals surface area contributed by atoms with Crippen LogP contribution in [0.4, 0.5) is 13.2 Å². The first-order valence-corrected chi connectivity index (χ1v) is 15.3. The van der Waals surface area contributed by atoms with Gasteiger partial charge in [-0.2, -0.15) is 0 Å². The molecule has 224 valence electrons. The summed E-state index contributed by atoms with van der Waals surface area (Å²) in [6.45, 7) is 6.99. The largest absolute Gasteiger partial charge is 0.493 e. The van der Waals surface area contributed by atoms with Crippen molar-refractivity contribution in [1.82, 2.24) is 0 Å². The zero-order chi connectivity index (χ0) is 29.2. The van der Waals surface area contributed by atoms with Crippen molar-refractivity contribution in [3.63, 3.8) is 0 Å². The van der Waals surface area contributed by atoms with E-state index >= 15 is 8.78 Å². The molecule has 0 N–H and O–H groups in total. The van der Waals surface area contributed by atoms with Gasteiger partial charge in [-0.3, -0.25) is 4.79 Å². The Morgan fingerprint density at radius 3 is 2.10 bits per heavy atom. The molecule has 0 radical (unpaired) electrons. The SMILES string of the molecule is C=CCCCOc1ccc(OC(=O)C2CCC(c3ccc(C4CCC(OCCCC)CC4)c(F)c3F)CC2)c(F)c1. The standard InChI is InChI=1S/C34H43F3O4/c1-3-5-7-21-40-27-16-19-31(30(35)22-27)41-34(38)25-10-8-23(9-11-25)28-17-18-29(33(37)32(28)36)24-12-14-26(15-13-24)39-20-6-4-2/h3,16-19,22-26H,1,4-15,20-21H2,2H3. The quantitative estimate of drug-likeness (QED) is 0.104. The van der Waals surface area contributed by atoms with E-state index in [9.17, 15) is 9.18 Å². The summed E-state index contributed by atoms with van der Waals surface area (Å²) >= 11 is 0. The zero-order valence-corrected chi connectivity index (χ0v) is 24.1. The van der Waals surface area contributed by atoms with Crippen LogP contribution < -0.4 is 9.47 Å². The van der Waals surface area contributed by atoms with Gasteiger partial charge in [0.15, 0.2) is 23.2 Å². The van der Waals surface area contributed by atoms with E-state index in [1.165, 1.54) is 12.1 Å². The summed E-state index contributed by atoms with van der Waals surface area (Å²) in [5, 5.41) is 0. The first-order chi connectivity index (χ1) is 19.9. The van der Waals surface area contributed by atoms with E-state index in [0.717, 1.165) is 58.0 Å². The Balaban J connectivity index is 1.27. The summed E-state index contributed by atoms with van der Waals surface area (Å²) in [6, 6.07) is 7.67. The van der Waals surface area contributed by atoms with Crippen molar-refractivity contribution in [2.75, 3.05) is 13.2 Å². The molecule has 41 heavy (non-hydrogen) atoms. The molecule has 0 spiro atoms. The van der Waals surface area contributed by atoms with Gasteiger partial charge in [0.2, 0.25) is 0 Å². The second-order valence-corrected chi connectivity index (χ2v) is 11.4. The van der Waals surface area contributed by atoms with E-state index in [0.29, 0.717) is 49.2 Å². The minimum atomic E-state index is -0.760. The fraction of sp³-hybridized carbons (Fsp3) is 0.559. The average molecular weight is 573 g/mol. The molecule has 2 aliphatic carbocycles. The topological polar surface area (TPSA) is 44.8 Å². The van der Waals surface area contributed by atoms with E-state index in [2.05, 4.69) is 13.5 Å². The van der Waals surface area contributed by atoms with Crippen molar-refractivity contribution >= 4 is 5.97 Å². The molecule has 2 saturated carbocycles. The number of benzene rings is 2. The molecule has 2 aliphatic rings. The summed E-state index contributed by atoms with van der Waals surface area (Å²) in [4.78, 5) is 12.8. The molecule has 7 heteroatoms. The second kappa shape index (κ2) is 15.4. The Hall–Kier alpha value is -2.80. The fourth-order valence-corrected chi connectivity index (χ4v) is 6.05. The first-order valence-electron chi connectivity index (χ1n) is 15.3. The number of carbonyl (C=O) groups excluding carboxylic acids is 1. The normalized spacial score (nSPS) is 22.7. The van der Waals surface area contributed by atoms with E-state index in [1.807, 2.05) is 0 Å². The van der Waals surface area contributed by atoms with Crippen LogP contribution in [0.1, 0.15) is 107 Å². The molecule has 2 fully saturated rings. The second-order valence-electron chi connectivity index (χ2n) is 11.4. The molecule has 4 nitrogen and oxygen atoms in total. The molecule has 4 rings (SSSR count). The third kappa shape index (κ3) is 8.37. The average Bonchev–Trinajstić information content (AvgIpc) is 2.99. The van der Waals surface area contributed by atoms with Gasteiger partial charge in [0.05, 0.1) is 18.6 Å². The van der Waals surface area contributed by atoms with E-state index in [-0.39, 0.29) is 23.7 Å². The first kappa shape index (κ1) is 31.1. The predicted octanol–water partition coefficient (Wildman–Crippen LogP) is 9.17. The van der Waals surface area contributed by atoms with Crippen LogP contribution in [-0.2, 0) is 9.53 Å². The number of unbranched alkanes of at least 4 members (excludes halogenated alkanes) is 2. The highest BCUT2D eigenvalue weighted by molar-refractivity contribution is 5.75.